The van der Waals surface area contributed by atoms with Gasteiger partial charge in [0.1, 0.15) is 11.5 Å². The lowest BCUT2D eigenvalue weighted by Crippen LogP contribution is -2.28. The molecule has 1 heterocycles. The first-order valence-electron chi connectivity index (χ1n) is 7.06. The third kappa shape index (κ3) is 2.93. The molecule has 2 aromatic carbocycles. The van der Waals surface area contributed by atoms with E-state index in [1.54, 1.807) is 11.0 Å². The van der Waals surface area contributed by atoms with Gasteiger partial charge in [-0.1, -0.05) is 24.3 Å². The van der Waals surface area contributed by atoms with Crippen molar-refractivity contribution in [3.8, 4) is 11.5 Å². The van der Waals surface area contributed by atoms with Crippen LogP contribution in [0.5, 0.6) is 11.5 Å². The van der Waals surface area contributed by atoms with E-state index >= 15 is 0 Å². The van der Waals surface area contributed by atoms with Crippen LogP contribution in [0.25, 0.3) is 0 Å². The van der Waals surface area contributed by atoms with Crippen LogP contribution in [0.1, 0.15) is 6.42 Å². The summed E-state index contributed by atoms with van der Waals surface area (Å²) in [7, 11) is 0. The van der Waals surface area contributed by atoms with Gasteiger partial charge in [0.15, 0.2) is 0 Å². The monoisotopic (exact) mass is 296 g/mol. The van der Waals surface area contributed by atoms with E-state index in [0.717, 1.165) is 5.75 Å². The first kappa shape index (κ1) is 14.1. The molecule has 1 aliphatic rings. The summed E-state index contributed by atoms with van der Waals surface area (Å²) in [6, 6.07) is 16.7. The summed E-state index contributed by atoms with van der Waals surface area (Å²) in [4.78, 5) is 24.9. The van der Waals surface area contributed by atoms with Gasteiger partial charge in [0, 0.05) is 24.7 Å². The Labute approximate surface area is 128 Å². The molecule has 2 N–H and O–H groups in total. The number of carbonyl (C=O) groups is 2. The molecular weight excluding hydrogens is 280 g/mol. The number of hydrogen-bond donors (Lipinski definition) is 1. The van der Waals surface area contributed by atoms with Crippen molar-refractivity contribution in [2.75, 3.05) is 11.4 Å². The van der Waals surface area contributed by atoms with Crippen LogP contribution in [-0.4, -0.2) is 18.4 Å². The maximum Gasteiger partial charge on any atom is 0.227 e. The molecule has 0 bridgehead atoms. The zero-order chi connectivity index (χ0) is 15.5. The number of anilines is 1. The molecule has 0 saturated carbocycles. The molecule has 112 valence electrons. The van der Waals surface area contributed by atoms with Crippen molar-refractivity contribution in [1.29, 1.82) is 0 Å². The maximum absolute atomic E-state index is 12.0. The summed E-state index contributed by atoms with van der Waals surface area (Å²) in [6.07, 6.45) is 0.166. The lowest BCUT2D eigenvalue weighted by molar-refractivity contribution is -0.123. The van der Waals surface area contributed by atoms with Crippen LogP contribution in [-0.2, 0) is 9.59 Å². The number of hydrogen-bond acceptors (Lipinski definition) is 3. The second kappa shape index (κ2) is 5.89. The van der Waals surface area contributed by atoms with E-state index in [0.29, 0.717) is 18.0 Å². The van der Waals surface area contributed by atoms with Gasteiger partial charge >= 0.3 is 0 Å². The van der Waals surface area contributed by atoms with Crippen LogP contribution in [0.15, 0.2) is 54.6 Å². The first-order chi connectivity index (χ1) is 10.6. The second-order valence-electron chi connectivity index (χ2n) is 5.22. The lowest BCUT2D eigenvalue weighted by Gasteiger charge is -2.17. The minimum Gasteiger partial charge on any atom is -0.457 e. The van der Waals surface area contributed by atoms with Crippen molar-refractivity contribution in [2.24, 2.45) is 11.7 Å². The summed E-state index contributed by atoms with van der Waals surface area (Å²) in [5, 5.41) is 0. The number of amides is 2. The molecule has 3 rings (SSSR count). The molecule has 1 saturated heterocycles. The van der Waals surface area contributed by atoms with Crippen molar-refractivity contribution >= 4 is 17.5 Å². The minimum absolute atomic E-state index is 0.0966. The van der Waals surface area contributed by atoms with Gasteiger partial charge in [0.2, 0.25) is 11.8 Å². The fourth-order valence-corrected chi connectivity index (χ4v) is 2.49. The highest BCUT2D eigenvalue weighted by atomic mass is 16.5. The highest BCUT2D eigenvalue weighted by Gasteiger charge is 2.33. The van der Waals surface area contributed by atoms with E-state index in [1.807, 2.05) is 48.5 Å². The Kier molecular flexibility index (Phi) is 3.78. The highest BCUT2D eigenvalue weighted by molar-refractivity contribution is 6.00. The van der Waals surface area contributed by atoms with Gasteiger partial charge in [0.05, 0.1) is 5.92 Å². The van der Waals surface area contributed by atoms with Crippen LogP contribution >= 0.6 is 0 Å². The zero-order valence-corrected chi connectivity index (χ0v) is 11.9. The molecule has 0 aromatic heterocycles. The Morgan fingerprint density at radius 3 is 2.50 bits per heavy atom. The van der Waals surface area contributed by atoms with Gasteiger partial charge < -0.3 is 15.4 Å². The van der Waals surface area contributed by atoms with Crippen molar-refractivity contribution in [2.45, 2.75) is 6.42 Å². The Hall–Kier alpha value is -2.82. The van der Waals surface area contributed by atoms with Crippen molar-refractivity contribution < 1.29 is 14.3 Å². The predicted octanol–water partition coefficient (Wildman–Crippen LogP) is 2.32. The molecule has 0 aliphatic carbocycles. The number of nitrogens with two attached hydrogens (primary N) is 1. The molecular formula is C17H16N2O3. The topological polar surface area (TPSA) is 72.6 Å². The molecule has 0 radical (unpaired) electrons. The van der Waals surface area contributed by atoms with Crippen molar-refractivity contribution in [1.82, 2.24) is 0 Å². The smallest absolute Gasteiger partial charge is 0.227 e. The maximum atomic E-state index is 12.0. The van der Waals surface area contributed by atoms with E-state index in [9.17, 15) is 9.59 Å². The summed E-state index contributed by atoms with van der Waals surface area (Å²) < 4.78 is 5.76. The van der Waals surface area contributed by atoms with Gasteiger partial charge in [-0.25, -0.2) is 0 Å². The van der Waals surface area contributed by atoms with Crippen LogP contribution < -0.4 is 15.4 Å². The molecule has 2 aromatic rings. The van der Waals surface area contributed by atoms with Gasteiger partial charge in [-0.3, -0.25) is 9.59 Å². The van der Waals surface area contributed by atoms with Crippen LogP contribution in [0, 0.1) is 5.92 Å². The predicted molar refractivity (Wildman–Crippen MR) is 82.6 cm³/mol. The SMILES string of the molecule is NC(=O)C1CC(=O)N(c2cccc(Oc3ccccc3)c2)C1. The minimum atomic E-state index is -0.437. The van der Waals surface area contributed by atoms with Crippen molar-refractivity contribution in [3.63, 3.8) is 0 Å². The van der Waals surface area contributed by atoms with Crippen LogP contribution in [0.4, 0.5) is 5.69 Å². The normalized spacial score (nSPS) is 17.5. The number of carbonyl (C=O) groups excluding carboxylic acids is 2. The standard InChI is InChI=1S/C17H16N2O3/c18-17(21)12-9-16(20)19(11-12)13-5-4-8-15(10-13)22-14-6-2-1-3-7-14/h1-8,10,12H,9,11H2,(H2,18,21). The van der Waals surface area contributed by atoms with E-state index in [4.69, 9.17) is 10.5 Å². The first-order valence-corrected chi connectivity index (χ1v) is 7.06. The zero-order valence-electron chi connectivity index (χ0n) is 11.9. The van der Waals surface area contributed by atoms with E-state index in [2.05, 4.69) is 0 Å². The van der Waals surface area contributed by atoms with Crippen LogP contribution in [0.3, 0.4) is 0 Å². The van der Waals surface area contributed by atoms with Gasteiger partial charge in [-0.05, 0) is 24.3 Å². The lowest BCUT2D eigenvalue weighted by atomic mass is 10.1. The molecule has 1 aliphatic heterocycles. The van der Waals surface area contributed by atoms with Crippen LogP contribution in [0.2, 0.25) is 0 Å². The van der Waals surface area contributed by atoms with E-state index < -0.39 is 11.8 Å². The molecule has 22 heavy (non-hydrogen) atoms. The van der Waals surface area contributed by atoms with E-state index in [-0.39, 0.29) is 12.3 Å². The summed E-state index contributed by atoms with van der Waals surface area (Å²) >= 11 is 0. The molecule has 0 spiro atoms. The summed E-state index contributed by atoms with van der Waals surface area (Å²) in [5.41, 5.74) is 6.00. The number of benzene rings is 2. The Bertz CT molecular complexity index is 700. The van der Waals surface area contributed by atoms with Gasteiger partial charge in [0.25, 0.3) is 0 Å². The molecule has 5 heteroatoms. The van der Waals surface area contributed by atoms with Gasteiger partial charge in [-0.2, -0.15) is 0 Å². The quantitative estimate of drug-likeness (QED) is 0.941. The number of rotatable bonds is 4. The third-order valence-corrected chi connectivity index (χ3v) is 3.64. The fraction of sp³-hybridized carbons (Fsp3) is 0.176. The number of ether oxygens (including phenoxy) is 1. The molecule has 2 amide bonds. The molecule has 1 unspecified atom stereocenters. The number of nitrogens with zero attached hydrogens (tertiary/aromatic N) is 1. The molecule has 5 nitrogen and oxygen atoms in total. The summed E-state index contributed by atoms with van der Waals surface area (Å²) in [6.45, 7) is 0.322. The Morgan fingerprint density at radius 1 is 1.09 bits per heavy atom. The number of para-hydroxylation sites is 1. The molecule has 1 fully saturated rings. The third-order valence-electron chi connectivity index (χ3n) is 3.64. The highest BCUT2D eigenvalue weighted by Crippen LogP contribution is 2.29. The average Bonchev–Trinajstić information content (AvgIpc) is 2.91. The Morgan fingerprint density at radius 2 is 1.82 bits per heavy atom. The second-order valence-corrected chi connectivity index (χ2v) is 5.22. The van der Waals surface area contributed by atoms with Crippen molar-refractivity contribution in [3.05, 3.63) is 54.6 Å². The summed E-state index contributed by atoms with van der Waals surface area (Å²) in [5.74, 6) is 0.404. The average molecular weight is 296 g/mol. The Balaban J connectivity index is 1.80. The van der Waals surface area contributed by atoms with E-state index in [1.165, 1.54) is 0 Å². The molecule has 1 atom stereocenters. The fourth-order valence-electron chi connectivity index (χ4n) is 2.49. The number of primary amides is 1. The largest absolute Gasteiger partial charge is 0.457 e. The van der Waals surface area contributed by atoms with Gasteiger partial charge in [-0.15, -0.1) is 0 Å².